The van der Waals surface area contributed by atoms with Crippen LogP contribution in [0.3, 0.4) is 0 Å². The van der Waals surface area contributed by atoms with Gasteiger partial charge in [0, 0.05) is 42.4 Å². The van der Waals surface area contributed by atoms with E-state index in [0.29, 0.717) is 17.4 Å². The number of urea groups is 1. The van der Waals surface area contributed by atoms with Crippen molar-refractivity contribution in [1.82, 2.24) is 20.5 Å². The third-order valence-electron chi connectivity index (χ3n) is 7.82. The van der Waals surface area contributed by atoms with E-state index in [-0.39, 0.29) is 17.6 Å². The molecule has 3 aromatic rings. The van der Waals surface area contributed by atoms with Crippen LogP contribution in [0.5, 0.6) is 5.88 Å². The Morgan fingerprint density at radius 1 is 1.14 bits per heavy atom. The monoisotopic (exact) mass is 488 g/mol. The number of methoxy groups -OCH3 is 1. The fraction of sp³-hybridized carbons (Fsp3) is 0.357. The number of aryl methyl sites for hydroxylation is 2. The fourth-order valence-corrected chi connectivity index (χ4v) is 6.37. The summed E-state index contributed by atoms with van der Waals surface area (Å²) in [5, 5.41) is 6.78. The number of hydrogen-bond acceptors (Lipinski definition) is 4. The van der Waals surface area contributed by atoms with Crippen molar-refractivity contribution >= 4 is 17.6 Å². The molecule has 1 aromatic heterocycles. The number of pyridine rings is 1. The summed E-state index contributed by atoms with van der Waals surface area (Å²) in [6.45, 7) is 4.57. The Balaban J connectivity index is 1.35. The van der Waals surface area contributed by atoms with Gasteiger partial charge in [0.15, 0.2) is 0 Å². The number of aromatic nitrogens is 1. The van der Waals surface area contributed by atoms with Gasteiger partial charge in [0.1, 0.15) is 0 Å². The number of nitrogens with zero attached hydrogens (tertiary/aromatic N) is 2. The molecule has 180 valence electrons. The number of amides is 2. The molecular weight excluding hydrogens is 460 g/mol. The molecule has 2 aromatic carbocycles. The van der Waals surface area contributed by atoms with Crippen molar-refractivity contribution in [3.05, 3.63) is 70.2 Å². The number of nitrogens with one attached hydrogen (secondary N) is 2. The molecule has 3 aliphatic rings. The number of rotatable bonds is 4. The van der Waals surface area contributed by atoms with E-state index < -0.39 is 0 Å². The van der Waals surface area contributed by atoms with Gasteiger partial charge in [-0.2, -0.15) is 0 Å². The molecule has 2 saturated heterocycles. The van der Waals surface area contributed by atoms with Gasteiger partial charge >= 0.3 is 6.03 Å². The van der Waals surface area contributed by atoms with Crippen LogP contribution in [0.1, 0.15) is 35.6 Å². The topological polar surface area (TPSA) is 66.5 Å². The summed E-state index contributed by atoms with van der Waals surface area (Å²) in [4.78, 5) is 19.2. The molecule has 7 heteroatoms. The summed E-state index contributed by atoms with van der Waals surface area (Å²) < 4.78 is 5.85. The van der Waals surface area contributed by atoms with Crippen LogP contribution in [0.15, 0.2) is 48.5 Å². The molecule has 6 rings (SSSR count). The van der Waals surface area contributed by atoms with E-state index in [9.17, 15) is 4.79 Å². The fourth-order valence-electron chi connectivity index (χ4n) is 6.05. The lowest BCUT2D eigenvalue weighted by Crippen LogP contribution is -2.46. The Labute approximate surface area is 210 Å². The molecule has 2 unspecified atom stereocenters. The average Bonchev–Trinajstić information content (AvgIpc) is 3.57. The zero-order valence-corrected chi connectivity index (χ0v) is 20.8. The zero-order chi connectivity index (χ0) is 24.2. The Hall–Kier alpha value is -3.09. The number of halogens is 1. The second-order valence-corrected chi connectivity index (χ2v) is 10.3. The van der Waals surface area contributed by atoms with Gasteiger partial charge in [-0.3, -0.25) is 4.90 Å². The van der Waals surface area contributed by atoms with E-state index >= 15 is 0 Å². The van der Waals surface area contributed by atoms with Crippen LogP contribution in [-0.4, -0.2) is 48.2 Å². The predicted octanol–water partition coefficient (Wildman–Crippen LogP) is 5.13. The normalized spacial score (nSPS) is 23.4. The highest BCUT2D eigenvalue weighted by Gasteiger charge is 2.46. The maximum absolute atomic E-state index is 11.8. The molecule has 3 heterocycles. The van der Waals surface area contributed by atoms with Gasteiger partial charge in [-0.25, -0.2) is 9.78 Å². The number of carbonyl (C=O) groups is 1. The summed E-state index contributed by atoms with van der Waals surface area (Å²) in [7, 11) is 1.69. The van der Waals surface area contributed by atoms with Crippen LogP contribution < -0.4 is 15.4 Å². The van der Waals surface area contributed by atoms with Crippen molar-refractivity contribution in [3.63, 3.8) is 0 Å². The Bertz CT molecular complexity index is 1330. The van der Waals surface area contributed by atoms with E-state index in [2.05, 4.69) is 46.7 Å². The maximum Gasteiger partial charge on any atom is 0.315 e. The van der Waals surface area contributed by atoms with E-state index in [1.54, 1.807) is 7.11 Å². The highest BCUT2D eigenvalue weighted by molar-refractivity contribution is 6.36. The van der Waals surface area contributed by atoms with Crippen LogP contribution in [0.25, 0.3) is 22.4 Å². The van der Waals surface area contributed by atoms with Crippen LogP contribution in [0, 0.1) is 6.92 Å². The van der Waals surface area contributed by atoms with Gasteiger partial charge in [0.2, 0.25) is 5.88 Å². The molecule has 1 aliphatic carbocycles. The highest BCUT2D eigenvalue weighted by atomic mass is 35.5. The second kappa shape index (κ2) is 8.54. The van der Waals surface area contributed by atoms with Crippen molar-refractivity contribution in [2.75, 3.05) is 26.7 Å². The number of hydrogen-bond donors (Lipinski definition) is 2. The number of carbonyl (C=O) groups excluding carboxylic acids is 1. The number of ether oxygens (including phenoxy) is 1. The number of likely N-dealkylation sites (tertiary alicyclic amines) is 1. The molecule has 35 heavy (non-hydrogen) atoms. The molecule has 0 saturated carbocycles. The van der Waals surface area contributed by atoms with Gasteiger partial charge < -0.3 is 15.4 Å². The van der Waals surface area contributed by atoms with Crippen molar-refractivity contribution < 1.29 is 9.53 Å². The van der Waals surface area contributed by atoms with Crippen molar-refractivity contribution in [3.8, 4) is 28.3 Å². The zero-order valence-electron chi connectivity index (χ0n) is 20.0. The first kappa shape index (κ1) is 22.4. The first-order valence-electron chi connectivity index (χ1n) is 12.2. The maximum atomic E-state index is 11.8. The smallest absolute Gasteiger partial charge is 0.315 e. The van der Waals surface area contributed by atoms with Crippen molar-refractivity contribution in [1.29, 1.82) is 0 Å². The van der Waals surface area contributed by atoms with Crippen molar-refractivity contribution in [2.24, 2.45) is 0 Å². The molecule has 2 amide bonds. The van der Waals surface area contributed by atoms with Crippen LogP contribution >= 0.6 is 11.6 Å². The average molecular weight is 489 g/mol. The van der Waals surface area contributed by atoms with Crippen molar-refractivity contribution in [2.45, 2.75) is 37.8 Å². The van der Waals surface area contributed by atoms with Gasteiger partial charge in [0.05, 0.1) is 23.4 Å². The quantitative estimate of drug-likeness (QED) is 0.534. The molecule has 2 N–H and O–H groups in total. The molecule has 0 radical (unpaired) electrons. The molecular formula is C28H29ClN4O2. The van der Waals surface area contributed by atoms with E-state index in [4.69, 9.17) is 21.3 Å². The largest absolute Gasteiger partial charge is 0.481 e. The van der Waals surface area contributed by atoms with E-state index in [1.165, 1.54) is 16.7 Å². The third kappa shape index (κ3) is 3.76. The van der Waals surface area contributed by atoms with Gasteiger partial charge in [0.25, 0.3) is 0 Å². The summed E-state index contributed by atoms with van der Waals surface area (Å²) >= 11 is 6.98. The minimum absolute atomic E-state index is 0.0626. The lowest BCUT2D eigenvalue weighted by atomic mass is 9.97. The Morgan fingerprint density at radius 2 is 1.94 bits per heavy atom. The molecule has 2 aliphatic heterocycles. The first-order chi connectivity index (χ1) is 17.0. The van der Waals surface area contributed by atoms with Gasteiger partial charge in [-0.05, 0) is 48.9 Å². The summed E-state index contributed by atoms with van der Waals surface area (Å²) in [5.41, 5.74) is 7.36. The molecule has 2 fully saturated rings. The van der Waals surface area contributed by atoms with Crippen LogP contribution in [-0.2, 0) is 6.42 Å². The van der Waals surface area contributed by atoms with Gasteiger partial charge in [-0.15, -0.1) is 0 Å². The van der Waals surface area contributed by atoms with Crippen LogP contribution in [0.2, 0.25) is 5.02 Å². The number of fused-ring (bicyclic) bond motifs is 1. The molecule has 6 nitrogen and oxygen atoms in total. The predicted molar refractivity (Wildman–Crippen MR) is 138 cm³/mol. The Kier molecular flexibility index (Phi) is 5.46. The third-order valence-corrected chi connectivity index (χ3v) is 8.23. The summed E-state index contributed by atoms with van der Waals surface area (Å²) in [5.74, 6) is 0.673. The lowest BCUT2D eigenvalue weighted by Gasteiger charge is -2.28. The summed E-state index contributed by atoms with van der Waals surface area (Å²) in [6.07, 6.45) is 2.94. The van der Waals surface area contributed by atoms with Gasteiger partial charge in [-0.1, -0.05) is 54.1 Å². The number of benzene rings is 2. The minimum atomic E-state index is -0.163. The van der Waals surface area contributed by atoms with Crippen LogP contribution in [0.4, 0.5) is 4.79 Å². The van der Waals surface area contributed by atoms with E-state index in [1.807, 2.05) is 24.3 Å². The lowest BCUT2D eigenvalue weighted by molar-refractivity contribution is 0.219. The van der Waals surface area contributed by atoms with E-state index in [0.717, 1.165) is 54.7 Å². The molecule has 1 spiro atoms. The molecule has 2 atom stereocenters. The second-order valence-electron chi connectivity index (χ2n) is 9.93. The minimum Gasteiger partial charge on any atom is -0.481 e. The Morgan fingerprint density at radius 3 is 2.71 bits per heavy atom. The standard InChI is InChI=1S/C28H29ClN4O2/c1-17-6-3-4-7-19(17)20-8-5-9-21(25(20)29)22-14-18-10-11-23(24(18)26(31-22)35-2)33-13-12-28(16-33)15-30-27(34)32-28/h3-9,14,23H,10-13,15-16H2,1-2H3,(H2,30,32,34). The molecule has 0 bridgehead atoms. The highest BCUT2D eigenvalue weighted by Crippen LogP contribution is 2.46. The first-order valence-corrected chi connectivity index (χ1v) is 12.6. The SMILES string of the molecule is COc1nc(-c2cccc(-c3ccccc3C)c2Cl)cc2c1C(N1CCC3(CNC(=O)N3)C1)CC2. The summed E-state index contributed by atoms with van der Waals surface area (Å²) in [6, 6.07) is 16.8.